The van der Waals surface area contributed by atoms with Crippen molar-refractivity contribution in [2.45, 2.75) is 20.1 Å². The van der Waals surface area contributed by atoms with Crippen LogP contribution in [0.2, 0.25) is 5.02 Å². The van der Waals surface area contributed by atoms with Gasteiger partial charge in [0.05, 0.1) is 10.2 Å². The quantitative estimate of drug-likeness (QED) is 0.731. The van der Waals surface area contributed by atoms with Crippen molar-refractivity contribution in [2.24, 2.45) is 0 Å². The van der Waals surface area contributed by atoms with Crippen LogP contribution >= 0.6 is 27.5 Å². The average molecular weight is 377 g/mol. The third-order valence-corrected chi connectivity index (χ3v) is 3.63. The third kappa shape index (κ3) is 4.58. The molecule has 0 spiro atoms. The first kappa shape index (κ1) is 16.0. The Bertz CT molecular complexity index is 620. The summed E-state index contributed by atoms with van der Waals surface area (Å²) in [6.45, 7) is -0.422. The summed E-state index contributed by atoms with van der Waals surface area (Å²) in [6, 6.07) is 11.0. The smallest absolute Gasteiger partial charge is 0.387 e. The second kappa shape index (κ2) is 7.09. The zero-order valence-electron chi connectivity index (χ0n) is 11.2. The number of benzene rings is 2. The predicted octanol–water partition coefficient (Wildman–Crippen LogP) is 5.62. The summed E-state index contributed by atoms with van der Waals surface area (Å²) < 4.78 is 29.9. The van der Waals surface area contributed by atoms with E-state index < -0.39 is 6.61 Å². The lowest BCUT2D eigenvalue weighted by Crippen LogP contribution is -2.07. The van der Waals surface area contributed by atoms with Gasteiger partial charge in [0.1, 0.15) is 0 Å². The Balaban J connectivity index is 2.19. The molecule has 2 nitrogen and oxygen atoms in total. The maximum atomic E-state index is 12.5. The number of hydrogen-bond donors (Lipinski definition) is 1. The van der Waals surface area contributed by atoms with Gasteiger partial charge in [0, 0.05) is 11.6 Å². The molecule has 0 amide bonds. The molecule has 0 atom stereocenters. The molecule has 112 valence electrons. The third-order valence-electron chi connectivity index (χ3n) is 2.82. The van der Waals surface area contributed by atoms with E-state index in [0.717, 1.165) is 11.1 Å². The summed E-state index contributed by atoms with van der Waals surface area (Å²) in [7, 11) is 0. The first-order valence-corrected chi connectivity index (χ1v) is 7.36. The molecular weight excluding hydrogens is 364 g/mol. The zero-order valence-corrected chi connectivity index (χ0v) is 13.5. The minimum Gasteiger partial charge on any atom is -0.431 e. The van der Waals surface area contributed by atoms with Crippen molar-refractivity contribution < 1.29 is 13.5 Å². The highest BCUT2D eigenvalue weighted by atomic mass is 79.9. The van der Waals surface area contributed by atoms with Gasteiger partial charge in [-0.05, 0) is 40.5 Å². The first-order chi connectivity index (χ1) is 9.95. The fraction of sp³-hybridized carbons (Fsp3) is 0.200. The standard InChI is InChI=1S/C15H13BrClF2NO/c1-9-2-4-10(5-3-9)8-20-13-7-11(17)6-12(16)14(13)21-15(18)19/h2-7,15,20H,8H2,1H3. The van der Waals surface area contributed by atoms with Gasteiger partial charge >= 0.3 is 6.61 Å². The van der Waals surface area contributed by atoms with Gasteiger partial charge in [-0.2, -0.15) is 8.78 Å². The van der Waals surface area contributed by atoms with Crippen molar-refractivity contribution >= 4 is 33.2 Å². The van der Waals surface area contributed by atoms with Gasteiger partial charge in [0.15, 0.2) is 5.75 Å². The van der Waals surface area contributed by atoms with Crippen LogP contribution in [0.4, 0.5) is 14.5 Å². The minimum atomic E-state index is -2.90. The molecule has 21 heavy (non-hydrogen) atoms. The molecule has 1 N–H and O–H groups in total. The van der Waals surface area contributed by atoms with Crippen LogP contribution in [-0.4, -0.2) is 6.61 Å². The molecule has 0 aliphatic carbocycles. The summed E-state index contributed by atoms with van der Waals surface area (Å²) in [5.74, 6) is 0.0431. The molecule has 0 radical (unpaired) electrons. The summed E-state index contributed by atoms with van der Waals surface area (Å²) >= 11 is 9.13. The topological polar surface area (TPSA) is 21.3 Å². The van der Waals surface area contributed by atoms with Crippen LogP contribution in [0, 0.1) is 6.92 Å². The number of aryl methyl sites for hydroxylation is 1. The Hall–Kier alpha value is -1.33. The Morgan fingerprint density at radius 2 is 1.90 bits per heavy atom. The lowest BCUT2D eigenvalue weighted by molar-refractivity contribution is -0.0498. The highest BCUT2D eigenvalue weighted by Gasteiger charge is 2.14. The van der Waals surface area contributed by atoms with Crippen molar-refractivity contribution in [3.63, 3.8) is 0 Å². The van der Waals surface area contributed by atoms with Crippen molar-refractivity contribution in [3.05, 3.63) is 57.0 Å². The molecular formula is C15H13BrClF2NO. The van der Waals surface area contributed by atoms with Crippen molar-refractivity contribution in [2.75, 3.05) is 5.32 Å². The molecule has 0 aromatic heterocycles. The van der Waals surface area contributed by atoms with Gasteiger partial charge in [-0.15, -0.1) is 0 Å². The van der Waals surface area contributed by atoms with Gasteiger partial charge in [-0.25, -0.2) is 0 Å². The van der Waals surface area contributed by atoms with Crippen molar-refractivity contribution in [1.29, 1.82) is 0 Å². The van der Waals surface area contributed by atoms with E-state index in [-0.39, 0.29) is 5.75 Å². The fourth-order valence-corrected chi connectivity index (χ4v) is 2.71. The molecule has 0 unspecified atom stereocenters. The molecule has 0 aliphatic heterocycles. The van der Waals surface area contributed by atoms with Gasteiger partial charge in [0.25, 0.3) is 0 Å². The van der Waals surface area contributed by atoms with Crippen LogP contribution in [0.5, 0.6) is 5.75 Å². The number of halogens is 4. The van der Waals surface area contributed by atoms with Gasteiger partial charge in [0.2, 0.25) is 0 Å². The normalized spacial score (nSPS) is 10.8. The number of anilines is 1. The van der Waals surface area contributed by atoms with Crippen LogP contribution in [0.25, 0.3) is 0 Å². The second-order valence-electron chi connectivity index (χ2n) is 4.48. The van der Waals surface area contributed by atoms with E-state index in [2.05, 4.69) is 26.0 Å². The molecule has 0 bridgehead atoms. The van der Waals surface area contributed by atoms with Crippen LogP contribution < -0.4 is 10.1 Å². The Morgan fingerprint density at radius 1 is 1.24 bits per heavy atom. The summed E-state index contributed by atoms with van der Waals surface area (Å²) in [5, 5.41) is 3.49. The van der Waals surface area contributed by atoms with Crippen LogP contribution in [0.15, 0.2) is 40.9 Å². The molecule has 0 heterocycles. The first-order valence-electron chi connectivity index (χ1n) is 6.19. The van der Waals surface area contributed by atoms with E-state index in [1.54, 1.807) is 6.07 Å². The van der Waals surface area contributed by atoms with E-state index >= 15 is 0 Å². The highest BCUT2D eigenvalue weighted by molar-refractivity contribution is 9.10. The summed E-state index contributed by atoms with van der Waals surface area (Å²) in [5.41, 5.74) is 2.60. The Kier molecular flexibility index (Phi) is 5.42. The fourth-order valence-electron chi connectivity index (χ4n) is 1.80. The number of hydrogen-bond acceptors (Lipinski definition) is 2. The van der Waals surface area contributed by atoms with Crippen molar-refractivity contribution in [3.8, 4) is 5.75 Å². The molecule has 6 heteroatoms. The lowest BCUT2D eigenvalue weighted by Gasteiger charge is -2.15. The van der Waals surface area contributed by atoms with Crippen LogP contribution in [-0.2, 0) is 6.54 Å². The van der Waals surface area contributed by atoms with E-state index in [1.807, 2.05) is 31.2 Å². The summed E-state index contributed by atoms with van der Waals surface area (Å²) in [6.07, 6.45) is 0. The van der Waals surface area contributed by atoms with E-state index in [0.29, 0.717) is 21.7 Å². The van der Waals surface area contributed by atoms with Gasteiger partial charge < -0.3 is 10.1 Å². The molecule has 2 aromatic carbocycles. The Morgan fingerprint density at radius 3 is 2.52 bits per heavy atom. The monoisotopic (exact) mass is 375 g/mol. The maximum Gasteiger partial charge on any atom is 0.387 e. The number of rotatable bonds is 5. The van der Waals surface area contributed by atoms with Gasteiger partial charge in [-0.3, -0.25) is 0 Å². The molecule has 0 fully saturated rings. The number of nitrogens with one attached hydrogen (secondary N) is 1. The van der Waals surface area contributed by atoms with Crippen LogP contribution in [0.1, 0.15) is 11.1 Å². The molecule has 0 saturated heterocycles. The van der Waals surface area contributed by atoms with Crippen LogP contribution in [0.3, 0.4) is 0 Å². The molecule has 2 rings (SSSR count). The van der Waals surface area contributed by atoms with E-state index in [4.69, 9.17) is 11.6 Å². The van der Waals surface area contributed by atoms with Gasteiger partial charge in [-0.1, -0.05) is 41.4 Å². The zero-order chi connectivity index (χ0) is 15.4. The summed E-state index contributed by atoms with van der Waals surface area (Å²) in [4.78, 5) is 0. The Labute approximate surface area is 135 Å². The molecule has 0 saturated carbocycles. The number of ether oxygens (including phenoxy) is 1. The molecule has 0 aliphatic rings. The maximum absolute atomic E-state index is 12.5. The lowest BCUT2D eigenvalue weighted by atomic mass is 10.1. The SMILES string of the molecule is Cc1ccc(CNc2cc(Cl)cc(Br)c2OC(F)F)cc1. The predicted molar refractivity (Wildman–Crippen MR) is 84.3 cm³/mol. The van der Waals surface area contributed by atoms with Crippen molar-refractivity contribution in [1.82, 2.24) is 0 Å². The average Bonchev–Trinajstić information content (AvgIpc) is 2.41. The number of alkyl halides is 2. The minimum absolute atomic E-state index is 0.0431. The van der Waals surface area contributed by atoms with E-state index in [1.165, 1.54) is 6.07 Å². The second-order valence-corrected chi connectivity index (χ2v) is 5.77. The molecule has 2 aromatic rings. The largest absolute Gasteiger partial charge is 0.431 e. The highest BCUT2D eigenvalue weighted by Crippen LogP contribution is 2.37. The van der Waals surface area contributed by atoms with E-state index in [9.17, 15) is 8.78 Å².